The van der Waals surface area contributed by atoms with Gasteiger partial charge < -0.3 is 10.6 Å². The summed E-state index contributed by atoms with van der Waals surface area (Å²) in [5.74, 6) is -1.30. The topological polar surface area (TPSA) is 104 Å². The summed E-state index contributed by atoms with van der Waals surface area (Å²) < 4.78 is 63.4. The SMILES string of the molecule is CNC(=O)c1ccc(NS(=O)(=O)c2ccc(C(=O)NCC(F)(F)F)cc2)cc1. The summed E-state index contributed by atoms with van der Waals surface area (Å²) in [6.45, 7) is -1.49. The van der Waals surface area contributed by atoms with Gasteiger partial charge in [0.2, 0.25) is 0 Å². The molecule has 2 aromatic carbocycles. The summed E-state index contributed by atoms with van der Waals surface area (Å²) in [4.78, 5) is 22.9. The van der Waals surface area contributed by atoms with Gasteiger partial charge in [-0.25, -0.2) is 8.42 Å². The van der Waals surface area contributed by atoms with Crippen molar-refractivity contribution in [2.75, 3.05) is 18.3 Å². The number of alkyl halides is 3. The summed E-state index contributed by atoms with van der Waals surface area (Å²) in [5, 5.41) is 4.13. The van der Waals surface area contributed by atoms with Gasteiger partial charge in [0.25, 0.3) is 21.8 Å². The number of hydrogen-bond acceptors (Lipinski definition) is 4. The Bertz CT molecular complexity index is 957. The molecule has 0 spiro atoms. The van der Waals surface area contributed by atoms with E-state index in [4.69, 9.17) is 0 Å². The standard InChI is InChI=1S/C17H16F3N3O4S/c1-21-15(24)11-2-6-13(7-3-11)23-28(26,27)14-8-4-12(5-9-14)16(25)22-10-17(18,19)20/h2-9,23H,10H2,1H3,(H,21,24)(H,22,25). The number of amides is 2. The fourth-order valence-electron chi connectivity index (χ4n) is 2.12. The van der Waals surface area contributed by atoms with E-state index in [0.717, 1.165) is 24.3 Å². The Balaban J connectivity index is 2.09. The van der Waals surface area contributed by atoms with Crippen LogP contribution >= 0.6 is 0 Å². The summed E-state index contributed by atoms with van der Waals surface area (Å²) in [6.07, 6.45) is -4.55. The number of hydrogen-bond donors (Lipinski definition) is 3. The maximum absolute atomic E-state index is 12.4. The average molecular weight is 415 g/mol. The van der Waals surface area contributed by atoms with Crippen LogP contribution in [0, 0.1) is 0 Å². The molecule has 28 heavy (non-hydrogen) atoms. The zero-order chi connectivity index (χ0) is 20.9. The molecule has 2 amide bonds. The van der Waals surface area contributed by atoms with Crippen LogP contribution in [0.5, 0.6) is 0 Å². The largest absolute Gasteiger partial charge is 0.405 e. The first kappa shape index (κ1) is 21.2. The van der Waals surface area contributed by atoms with Crippen LogP contribution in [-0.2, 0) is 10.0 Å². The van der Waals surface area contributed by atoms with E-state index in [2.05, 4.69) is 10.0 Å². The second-order valence-electron chi connectivity index (χ2n) is 5.58. The Morgan fingerprint density at radius 1 is 0.893 bits per heavy atom. The molecule has 0 aliphatic carbocycles. The number of rotatable bonds is 6. The molecule has 0 heterocycles. The molecule has 0 radical (unpaired) electrons. The third-order valence-corrected chi connectivity index (χ3v) is 4.90. The van der Waals surface area contributed by atoms with E-state index in [1.54, 1.807) is 5.32 Å². The Morgan fingerprint density at radius 2 is 1.39 bits per heavy atom. The lowest BCUT2D eigenvalue weighted by molar-refractivity contribution is -0.123. The number of carbonyl (C=O) groups is 2. The van der Waals surface area contributed by atoms with Crippen molar-refractivity contribution in [1.82, 2.24) is 10.6 Å². The smallest absolute Gasteiger partial charge is 0.355 e. The molecule has 0 aliphatic heterocycles. The van der Waals surface area contributed by atoms with E-state index in [1.807, 2.05) is 0 Å². The first-order chi connectivity index (χ1) is 13.0. The number of anilines is 1. The van der Waals surface area contributed by atoms with Crippen molar-refractivity contribution in [2.24, 2.45) is 0 Å². The summed E-state index contributed by atoms with van der Waals surface area (Å²) >= 11 is 0. The van der Waals surface area contributed by atoms with Crippen LogP contribution in [0.15, 0.2) is 53.4 Å². The van der Waals surface area contributed by atoms with Crippen molar-refractivity contribution in [2.45, 2.75) is 11.1 Å². The number of sulfonamides is 1. The molecule has 11 heteroatoms. The van der Waals surface area contributed by atoms with Crippen LogP contribution in [0.1, 0.15) is 20.7 Å². The molecule has 0 fully saturated rings. The van der Waals surface area contributed by atoms with Gasteiger partial charge in [0, 0.05) is 23.9 Å². The van der Waals surface area contributed by atoms with E-state index in [1.165, 1.54) is 31.3 Å². The molecule has 0 saturated carbocycles. The lowest BCUT2D eigenvalue weighted by atomic mass is 10.2. The van der Waals surface area contributed by atoms with Gasteiger partial charge in [0.15, 0.2) is 0 Å². The van der Waals surface area contributed by atoms with E-state index >= 15 is 0 Å². The third-order valence-electron chi connectivity index (χ3n) is 3.50. The summed E-state index contributed by atoms with van der Waals surface area (Å²) in [7, 11) is -2.53. The van der Waals surface area contributed by atoms with E-state index in [9.17, 15) is 31.2 Å². The van der Waals surface area contributed by atoms with Crippen molar-refractivity contribution in [3.63, 3.8) is 0 Å². The monoisotopic (exact) mass is 415 g/mol. The van der Waals surface area contributed by atoms with Crippen molar-refractivity contribution in [1.29, 1.82) is 0 Å². The predicted octanol–water partition coefficient (Wildman–Crippen LogP) is 2.14. The minimum atomic E-state index is -4.55. The highest BCUT2D eigenvalue weighted by atomic mass is 32.2. The molecule has 0 aliphatic rings. The molecular weight excluding hydrogens is 399 g/mol. The molecule has 0 saturated heterocycles. The van der Waals surface area contributed by atoms with Gasteiger partial charge in [-0.1, -0.05) is 0 Å². The fraction of sp³-hybridized carbons (Fsp3) is 0.176. The molecule has 0 bridgehead atoms. The Labute approximate surface area is 159 Å². The summed E-state index contributed by atoms with van der Waals surface area (Å²) in [5.41, 5.74) is 0.442. The summed E-state index contributed by atoms with van der Waals surface area (Å²) in [6, 6.07) is 10.1. The molecule has 7 nitrogen and oxygen atoms in total. The number of benzene rings is 2. The highest BCUT2D eigenvalue weighted by Crippen LogP contribution is 2.18. The maximum Gasteiger partial charge on any atom is 0.405 e. The molecule has 3 N–H and O–H groups in total. The average Bonchev–Trinajstić information content (AvgIpc) is 2.65. The Morgan fingerprint density at radius 3 is 1.89 bits per heavy atom. The van der Waals surface area contributed by atoms with Crippen LogP contribution in [-0.4, -0.2) is 40.0 Å². The first-order valence-corrected chi connectivity index (χ1v) is 9.30. The molecule has 2 aromatic rings. The van der Waals surface area contributed by atoms with Gasteiger partial charge in [-0.2, -0.15) is 13.2 Å². The van der Waals surface area contributed by atoms with Crippen LogP contribution in [0.2, 0.25) is 0 Å². The minimum Gasteiger partial charge on any atom is -0.355 e. The van der Waals surface area contributed by atoms with E-state index < -0.39 is 28.7 Å². The number of halogens is 3. The van der Waals surface area contributed by atoms with Crippen LogP contribution in [0.25, 0.3) is 0 Å². The van der Waals surface area contributed by atoms with Gasteiger partial charge >= 0.3 is 6.18 Å². The second kappa shape index (κ2) is 8.30. The zero-order valence-electron chi connectivity index (χ0n) is 14.5. The van der Waals surface area contributed by atoms with Crippen LogP contribution in [0.4, 0.5) is 18.9 Å². The van der Waals surface area contributed by atoms with E-state index in [-0.39, 0.29) is 22.1 Å². The van der Waals surface area contributed by atoms with Gasteiger partial charge in [-0.15, -0.1) is 0 Å². The Hall–Kier alpha value is -3.08. The highest BCUT2D eigenvalue weighted by molar-refractivity contribution is 7.92. The van der Waals surface area contributed by atoms with Crippen LogP contribution in [0.3, 0.4) is 0 Å². The third kappa shape index (κ3) is 5.71. The first-order valence-electron chi connectivity index (χ1n) is 7.82. The molecule has 0 unspecified atom stereocenters. The van der Waals surface area contributed by atoms with Crippen LogP contribution < -0.4 is 15.4 Å². The molecule has 0 aromatic heterocycles. The van der Waals surface area contributed by atoms with Gasteiger partial charge in [-0.05, 0) is 48.5 Å². The quantitative estimate of drug-likeness (QED) is 0.672. The highest BCUT2D eigenvalue weighted by Gasteiger charge is 2.28. The number of carbonyl (C=O) groups excluding carboxylic acids is 2. The molecule has 2 rings (SSSR count). The normalized spacial score (nSPS) is 11.6. The van der Waals surface area contributed by atoms with Gasteiger partial charge in [-0.3, -0.25) is 14.3 Å². The van der Waals surface area contributed by atoms with Crippen molar-refractivity contribution in [3.05, 3.63) is 59.7 Å². The molecular formula is C17H16F3N3O4S. The lowest BCUT2D eigenvalue weighted by Gasteiger charge is -2.10. The van der Waals surface area contributed by atoms with E-state index in [0.29, 0.717) is 5.56 Å². The van der Waals surface area contributed by atoms with Crippen molar-refractivity contribution < 1.29 is 31.2 Å². The van der Waals surface area contributed by atoms with Gasteiger partial charge in [0.05, 0.1) is 4.90 Å². The molecule has 150 valence electrons. The zero-order valence-corrected chi connectivity index (χ0v) is 15.3. The van der Waals surface area contributed by atoms with Crippen molar-refractivity contribution >= 4 is 27.5 Å². The molecule has 0 atom stereocenters. The maximum atomic E-state index is 12.4. The second-order valence-corrected chi connectivity index (χ2v) is 7.27. The van der Waals surface area contributed by atoms with Gasteiger partial charge in [0.1, 0.15) is 6.54 Å². The Kier molecular flexibility index (Phi) is 6.29. The number of nitrogens with one attached hydrogen (secondary N) is 3. The minimum absolute atomic E-state index is 0.113. The van der Waals surface area contributed by atoms with Crippen molar-refractivity contribution in [3.8, 4) is 0 Å². The predicted molar refractivity (Wildman–Crippen MR) is 95.5 cm³/mol. The lowest BCUT2D eigenvalue weighted by Crippen LogP contribution is -2.33. The fourth-order valence-corrected chi connectivity index (χ4v) is 3.17.